The second-order valence-corrected chi connectivity index (χ2v) is 9.41. The van der Waals surface area contributed by atoms with E-state index in [4.69, 9.17) is 9.47 Å². The van der Waals surface area contributed by atoms with Crippen molar-refractivity contribution in [2.45, 2.75) is 50.5 Å². The molecule has 0 aliphatic carbocycles. The molecule has 0 aliphatic rings. The summed E-state index contributed by atoms with van der Waals surface area (Å²) in [6.45, 7) is 5.69. The van der Waals surface area contributed by atoms with E-state index in [1.807, 2.05) is 99.0 Å². The van der Waals surface area contributed by atoms with Crippen LogP contribution in [0.15, 0.2) is 122 Å². The Morgan fingerprint density at radius 1 is 0.596 bits per heavy atom. The molecule has 0 saturated heterocycles. The predicted octanol–water partition coefficient (Wildman–Crippen LogP) is 12.3. The Bertz CT molecular complexity index is 2020. The standard InChI is InChI=1S/C17H12N2O.C16H12N2O3.C2H6.4CH4/c1-2-15(10-14-11-18-7-5-12(1)14)20-16-3-4-17-13(9-16)6-8-19-17;1-11-8-14(4-5-16(11)18(19)20)21-15-3-2-12-6-7-17-10-13(12)9-15;1-2;;;;/h1-11,19H;2-10H,1H3;1-2H3;4*1H4. The minimum Gasteiger partial charge on any atom is -0.457 e. The van der Waals surface area contributed by atoms with Crippen molar-refractivity contribution in [1.82, 2.24) is 15.0 Å². The van der Waals surface area contributed by atoms with Crippen molar-refractivity contribution in [1.29, 1.82) is 0 Å². The maximum absolute atomic E-state index is 10.8. The van der Waals surface area contributed by atoms with Crippen LogP contribution < -0.4 is 9.47 Å². The quantitative estimate of drug-likeness (QED) is 0.149. The van der Waals surface area contributed by atoms with Crippen molar-refractivity contribution < 1.29 is 14.4 Å². The molecule has 0 aliphatic heterocycles. The van der Waals surface area contributed by atoms with E-state index in [2.05, 4.69) is 15.0 Å². The number of aryl methyl sites for hydroxylation is 1. The highest BCUT2D eigenvalue weighted by molar-refractivity contribution is 5.84. The number of nitro benzene ring substituents is 1. The second kappa shape index (κ2) is 18.3. The Hall–Kier alpha value is -5.76. The van der Waals surface area contributed by atoms with Crippen LogP contribution in [0.1, 0.15) is 49.1 Å². The van der Waals surface area contributed by atoms with Gasteiger partial charge in [-0.1, -0.05) is 55.7 Å². The van der Waals surface area contributed by atoms with Crippen LogP contribution in [-0.4, -0.2) is 19.9 Å². The molecule has 0 bridgehead atoms. The summed E-state index contributed by atoms with van der Waals surface area (Å²) in [6, 6.07) is 28.4. The average molecular weight is 635 g/mol. The normalized spacial score (nSPS) is 9.51. The molecule has 8 nitrogen and oxygen atoms in total. The summed E-state index contributed by atoms with van der Waals surface area (Å²) >= 11 is 0. The number of hydrogen-bond donors (Lipinski definition) is 1. The summed E-state index contributed by atoms with van der Waals surface area (Å²) in [5.74, 6) is 2.89. The highest BCUT2D eigenvalue weighted by Crippen LogP contribution is 2.29. The summed E-state index contributed by atoms with van der Waals surface area (Å²) in [4.78, 5) is 21.8. The number of aromatic nitrogens is 3. The first kappa shape index (κ1) is 39.3. The number of H-pyrrole nitrogens is 1. The van der Waals surface area contributed by atoms with Crippen LogP contribution in [-0.2, 0) is 0 Å². The summed E-state index contributed by atoms with van der Waals surface area (Å²) in [5.41, 5.74) is 1.77. The second-order valence-electron chi connectivity index (χ2n) is 9.41. The number of pyridine rings is 2. The van der Waals surface area contributed by atoms with E-state index >= 15 is 0 Å². The third kappa shape index (κ3) is 9.61. The van der Waals surface area contributed by atoms with Crippen molar-refractivity contribution in [2.75, 3.05) is 0 Å². The van der Waals surface area contributed by atoms with Gasteiger partial charge in [-0.2, -0.15) is 0 Å². The van der Waals surface area contributed by atoms with Crippen LogP contribution >= 0.6 is 0 Å². The molecule has 7 aromatic rings. The third-order valence-corrected chi connectivity index (χ3v) is 6.59. The van der Waals surface area contributed by atoms with Gasteiger partial charge in [0.25, 0.3) is 5.69 Å². The Morgan fingerprint density at radius 3 is 1.57 bits per heavy atom. The Balaban J connectivity index is 0.000000413. The monoisotopic (exact) mass is 634 g/mol. The largest absolute Gasteiger partial charge is 0.457 e. The number of fused-ring (bicyclic) bond motifs is 3. The zero-order valence-electron chi connectivity index (χ0n) is 24.0. The highest BCUT2D eigenvalue weighted by atomic mass is 16.6. The maximum atomic E-state index is 10.8. The van der Waals surface area contributed by atoms with E-state index in [0.717, 1.165) is 43.9 Å². The van der Waals surface area contributed by atoms with E-state index in [1.54, 1.807) is 37.6 Å². The lowest BCUT2D eigenvalue weighted by molar-refractivity contribution is -0.385. The molecule has 8 heteroatoms. The van der Waals surface area contributed by atoms with Crippen LogP contribution in [0.4, 0.5) is 5.69 Å². The van der Waals surface area contributed by atoms with Gasteiger partial charge in [0.2, 0.25) is 0 Å². The lowest BCUT2D eigenvalue weighted by Gasteiger charge is -2.07. The van der Waals surface area contributed by atoms with E-state index < -0.39 is 4.92 Å². The summed E-state index contributed by atoms with van der Waals surface area (Å²) in [6.07, 6.45) is 9.07. The van der Waals surface area contributed by atoms with Gasteiger partial charge in [-0.05, 0) is 90.5 Å². The maximum Gasteiger partial charge on any atom is 0.272 e. The van der Waals surface area contributed by atoms with Crippen molar-refractivity contribution >= 4 is 38.1 Å². The van der Waals surface area contributed by atoms with Gasteiger partial charge in [0.1, 0.15) is 23.0 Å². The van der Waals surface area contributed by atoms with Gasteiger partial charge < -0.3 is 14.5 Å². The van der Waals surface area contributed by atoms with Crippen LogP contribution in [0.25, 0.3) is 32.4 Å². The highest BCUT2D eigenvalue weighted by Gasteiger charge is 2.11. The molecule has 0 atom stereocenters. The number of nitro groups is 1. The number of benzene rings is 4. The zero-order valence-corrected chi connectivity index (χ0v) is 24.0. The summed E-state index contributed by atoms with van der Waals surface area (Å²) in [5, 5.41) is 16.2. The smallest absolute Gasteiger partial charge is 0.272 e. The van der Waals surface area contributed by atoms with Crippen molar-refractivity contribution in [3.05, 3.63) is 138 Å². The lowest BCUT2D eigenvalue weighted by atomic mass is 10.1. The molecule has 4 aromatic carbocycles. The van der Waals surface area contributed by atoms with Gasteiger partial charge in [0.05, 0.1) is 4.92 Å². The first-order valence-electron chi connectivity index (χ1n) is 13.9. The van der Waals surface area contributed by atoms with Crippen molar-refractivity contribution in [3.63, 3.8) is 0 Å². The number of hydrogen-bond acceptors (Lipinski definition) is 6. The third-order valence-electron chi connectivity index (χ3n) is 6.59. The fourth-order valence-corrected chi connectivity index (χ4v) is 4.52. The molecule has 0 amide bonds. The molecule has 1 N–H and O–H groups in total. The number of aromatic amines is 1. The molecule has 0 radical (unpaired) electrons. The number of rotatable bonds is 5. The molecule has 3 aromatic heterocycles. The van der Waals surface area contributed by atoms with Crippen molar-refractivity contribution in [2.24, 2.45) is 0 Å². The van der Waals surface area contributed by atoms with Gasteiger partial charge in [0, 0.05) is 64.3 Å². The molecule has 0 unspecified atom stereocenters. The number of nitrogens with zero attached hydrogens (tertiary/aromatic N) is 3. The predicted molar refractivity (Wildman–Crippen MR) is 198 cm³/mol. The van der Waals surface area contributed by atoms with E-state index in [-0.39, 0.29) is 35.4 Å². The van der Waals surface area contributed by atoms with E-state index in [0.29, 0.717) is 17.1 Å². The molecule has 47 heavy (non-hydrogen) atoms. The molecule has 0 saturated carbocycles. The first-order valence-corrected chi connectivity index (χ1v) is 13.9. The van der Waals surface area contributed by atoms with E-state index in [1.165, 1.54) is 6.07 Å². The minimum atomic E-state index is -0.402. The number of ether oxygens (including phenoxy) is 2. The zero-order chi connectivity index (χ0) is 30.2. The van der Waals surface area contributed by atoms with Crippen LogP contribution in [0, 0.1) is 17.0 Å². The lowest BCUT2D eigenvalue weighted by Crippen LogP contribution is -1.92. The molecular formula is C39H46N4O4. The Labute approximate surface area is 278 Å². The van der Waals surface area contributed by atoms with Gasteiger partial charge in [-0.25, -0.2) is 0 Å². The fraction of sp³-hybridized carbons (Fsp3) is 0.179. The molecule has 246 valence electrons. The number of nitrogens with one attached hydrogen (secondary N) is 1. The molecule has 0 fully saturated rings. The van der Waals surface area contributed by atoms with Gasteiger partial charge >= 0.3 is 0 Å². The SMILES string of the molecule is C.C.C.C.CC.Cc1cc(Oc2ccc3ccncc3c2)ccc1[N+](=O)[O-].c1cc2ccc(Oc3ccc4[nH]ccc4c3)cc2cn1. The topological polar surface area (TPSA) is 103 Å². The Kier molecular flexibility index (Phi) is 15.3. The van der Waals surface area contributed by atoms with Crippen LogP contribution in [0.5, 0.6) is 23.0 Å². The van der Waals surface area contributed by atoms with Crippen LogP contribution in [0.2, 0.25) is 0 Å². The van der Waals surface area contributed by atoms with Gasteiger partial charge in [-0.15, -0.1) is 0 Å². The summed E-state index contributed by atoms with van der Waals surface area (Å²) < 4.78 is 11.7. The minimum absolute atomic E-state index is 0. The molecular weight excluding hydrogens is 588 g/mol. The van der Waals surface area contributed by atoms with Gasteiger partial charge in [-0.3, -0.25) is 20.1 Å². The Morgan fingerprint density at radius 2 is 1.06 bits per heavy atom. The molecule has 0 spiro atoms. The first-order chi connectivity index (χ1) is 21.0. The molecule has 3 heterocycles. The average Bonchev–Trinajstić information content (AvgIpc) is 3.50. The van der Waals surface area contributed by atoms with Gasteiger partial charge in [0.15, 0.2) is 0 Å². The fourth-order valence-electron chi connectivity index (χ4n) is 4.52. The van der Waals surface area contributed by atoms with E-state index in [9.17, 15) is 10.1 Å². The van der Waals surface area contributed by atoms with Crippen molar-refractivity contribution in [3.8, 4) is 23.0 Å². The van der Waals surface area contributed by atoms with Crippen LogP contribution in [0.3, 0.4) is 0 Å². The summed E-state index contributed by atoms with van der Waals surface area (Å²) in [7, 11) is 0. The molecule has 7 rings (SSSR count).